The van der Waals surface area contributed by atoms with E-state index in [1.54, 1.807) is 0 Å². The molecule has 0 N–H and O–H groups in total. The Morgan fingerprint density at radius 3 is 2.04 bits per heavy atom. The minimum Gasteiger partial charge on any atom is -0.378 e. The first-order valence-electron chi connectivity index (χ1n) is 9.16. The topological polar surface area (TPSA) is 35.9 Å². The van der Waals surface area contributed by atoms with Crippen LogP contribution in [0.15, 0.2) is 95.6 Å². The van der Waals surface area contributed by atoms with Gasteiger partial charge in [0.25, 0.3) is 5.91 Å². The molecule has 138 valence electrons. The maximum atomic E-state index is 13.2. The van der Waals surface area contributed by atoms with E-state index in [9.17, 15) is 4.79 Å². The number of benzene rings is 3. The first-order chi connectivity index (χ1) is 13.6. The van der Waals surface area contributed by atoms with Gasteiger partial charge in [-0.05, 0) is 35.9 Å². The molecule has 1 heterocycles. The van der Waals surface area contributed by atoms with Gasteiger partial charge in [0.05, 0.1) is 11.3 Å². The standard InChI is InChI=1S/C24H21N3O/c1-26(2)20-15-13-18(14-16-20)17-22-23(19-9-5-3-6-10-19)25-27(24(22)28)21-11-7-4-8-12-21/h3-17H,1-2H3/b22-17-. The predicted octanol–water partition coefficient (Wildman–Crippen LogP) is 4.59. The highest BCUT2D eigenvalue weighted by atomic mass is 16.2. The van der Waals surface area contributed by atoms with Gasteiger partial charge >= 0.3 is 0 Å². The largest absolute Gasteiger partial charge is 0.378 e. The second-order valence-corrected chi connectivity index (χ2v) is 6.81. The Morgan fingerprint density at radius 1 is 0.821 bits per heavy atom. The van der Waals surface area contributed by atoms with Gasteiger partial charge in [-0.15, -0.1) is 0 Å². The number of hydrazone groups is 1. The number of anilines is 2. The quantitative estimate of drug-likeness (QED) is 0.633. The van der Waals surface area contributed by atoms with E-state index in [0.717, 1.165) is 22.5 Å². The summed E-state index contributed by atoms with van der Waals surface area (Å²) in [6.45, 7) is 0. The molecule has 28 heavy (non-hydrogen) atoms. The maximum Gasteiger partial charge on any atom is 0.281 e. The Bertz CT molecular complexity index is 1040. The highest BCUT2D eigenvalue weighted by Crippen LogP contribution is 2.28. The zero-order valence-electron chi connectivity index (χ0n) is 15.9. The molecular weight excluding hydrogens is 346 g/mol. The number of rotatable bonds is 4. The molecule has 1 aliphatic rings. The van der Waals surface area contributed by atoms with Crippen LogP contribution in [0.5, 0.6) is 0 Å². The Hall–Kier alpha value is -3.66. The summed E-state index contributed by atoms with van der Waals surface area (Å²) in [5, 5.41) is 6.13. The average Bonchev–Trinajstić information content (AvgIpc) is 3.06. The molecule has 0 aliphatic carbocycles. The monoisotopic (exact) mass is 367 g/mol. The second-order valence-electron chi connectivity index (χ2n) is 6.81. The van der Waals surface area contributed by atoms with E-state index in [-0.39, 0.29) is 5.91 Å². The maximum absolute atomic E-state index is 13.2. The summed E-state index contributed by atoms with van der Waals surface area (Å²) in [5.74, 6) is -0.123. The van der Waals surface area contributed by atoms with Crippen LogP contribution in [-0.4, -0.2) is 25.7 Å². The van der Waals surface area contributed by atoms with Crippen molar-refractivity contribution in [3.05, 3.63) is 102 Å². The van der Waals surface area contributed by atoms with Crippen LogP contribution in [0.1, 0.15) is 11.1 Å². The van der Waals surface area contributed by atoms with Gasteiger partial charge in [0.15, 0.2) is 0 Å². The lowest BCUT2D eigenvalue weighted by Crippen LogP contribution is -2.21. The number of amides is 1. The van der Waals surface area contributed by atoms with E-state index in [2.05, 4.69) is 5.10 Å². The fourth-order valence-electron chi connectivity index (χ4n) is 3.13. The van der Waals surface area contributed by atoms with E-state index in [1.807, 2.05) is 110 Å². The van der Waals surface area contributed by atoms with Crippen LogP contribution in [0.3, 0.4) is 0 Å². The van der Waals surface area contributed by atoms with E-state index < -0.39 is 0 Å². The van der Waals surface area contributed by atoms with Crippen molar-refractivity contribution < 1.29 is 4.79 Å². The highest BCUT2D eigenvalue weighted by Gasteiger charge is 2.31. The summed E-state index contributed by atoms with van der Waals surface area (Å²) < 4.78 is 0. The summed E-state index contributed by atoms with van der Waals surface area (Å²) in [5.41, 5.74) is 5.03. The number of hydrogen-bond acceptors (Lipinski definition) is 3. The van der Waals surface area contributed by atoms with Crippen LogP contribution in [0.2, 0.25) is 0 Å². The van der Waals surface area contributed by atoms with Crippen molar-refractivity contribution >= 4 is 29.1 Å². The second kappa shape index (κ2) is 7.53. The lowest BCUT2D eigenvalue weighted by Gasteiger charge is -2.12. The molecule has 0 unspecified atom stereocenters. The molecule has 3 aromatic carbocycles. The Balaban J connectivity index is 1.77. The van der Waals surface area contributed by atoms with Crippen LogP contribution in [-0.2, 0) is 4.79 Å². The first-order valence-corrected chi connectivity index (χ1v) is 9.16. The number of hydrogen-bond donors (Lipinski definition) is 0. The number of carbonyl (C=O) groups is 1. The van der Waals surface area contributed by atoms with E-state index >= 15 is 0 Å². The van der Waals surface area contributed by atoms with Crippen molar-refractivity contribution in [1.82, 2.24) is 0 Å². The lowest BCUT2D eigenvalue weighted by atomic mass is 10.00. The minimum absolute atomic E-state index is 0.123. The third-order valence-electron chi connectivity index (χ3n) is 4.65. The van der Waals surface area contributed by atoms with Gasteiger partial charge in [-0.3, -0.25) is 4.79 Å². The first kappa shape index (κ1) is 17.7. The van der Waals surface area contributed by atoms with Gasteiger partial charge in [-0.1, -0.05) is 60.7 Å². The lowest BCUT2D eigenvalue weighted by molar-refractivity contribution is -0.114. The Morgan fingerprint density at radius 2 is 1.43 bits per heavy atom. The number of nitrogens with zero attached hydrogens (tertiary/aromatic N) is 3. The average molecular weight is 367 g/mol. The molecule has 1 amide bonds. The van der Waals surface area contributed by atoms with E-state index in [4.69, 9.17) is 0 Å². The van der Waals surface area contributed by atoms with Crippen molar-refractivity contribution in [1.29, 1.82) is 0 Å². The molecule has 4 nitrogen and oxygen atoms in total. The number of para-hydroxylation sites is 1. The van der Waals surface area contributed by atoms with E-state index in [0.29, 0.717) is 11.3 Å². The third-order valence-corrected chi connectivity index (χ3v) is 4.65. The van der Waals surface area contributed by atoms with Gasteiger partial charge in [-0.25, -0.2) is 0 Å². The van der Waals surface area contributed by atoms with Crippen LogP contribution in [0, 0.1) is 0 Å². The van der Waals surface area contributed by atoms with Crippen molar-refractivity contribution in [2.45, 2.75) is 0 Å². The smallest absolute Gasteiger partial charge is 0.281 e. The SMILES string of the molecule is CN(C)c1ccc(/C=C2\C(=O)N(c3ccccc3)N=C2c2ccccc2)cc1. The summed E-state index contributed by atoms with van der Waals surface area (Å²) in [7, 11) is 4.01. The van der Waals surface area contributed by atoms with Crippen molar-refractivity contribution in [3.8, 4) is 0 Å². The van der Waals surface area contributed by atoms with Crippen LogP contribution < -0.4 is 9.91 Å². The van der Waals surface area contributed by atoms with Crippen molar-refractivity contribution in [2.24, 2.45) is 5.10 Å². The molecule has 0 spiro atoms. The molecular formula is C24H21N3O. The molecule has 0 fully saturated rings. The van der Waals surface area contributed by atoms with Crippen LogP contribution in [0.25, 0.3) is 6.08 Å². The number of carbonyl (C=O) groups excluding carboxylic acids is 1. The molecule has 0 bridgehead atoms. The Labute approximate surface area is 165 Å². The Kier molecular flexibility index (Phi) is 4.77. The molecule has 0 atom stereocenters. The molecule has 4 heteroatoms. The zero-order valence-corrected chi connectivity index (χ0v) is 15.9. The molecule has 1 aliphatic heterocycles. The predicted molar refractivity (Wildman–Crippen MR) is 116 cm³/mol. The molecule has 0 aromatic heterocycles. The van der Waals surface area contributed by atoms with Gasteiger partial charge in [0, 0.05) is 25.3 Å². The van der Waals surface area contributed by atoms with Gasteiger partial charge < -0.3 is 4.90 Å². The van der Waals surface area contributed by atoms with Crippen LogP contribution in [0.4, 0.5) is 11.4 Å². The zero-order chi connectivity index (χ0) is 19.5. The fraction of sp³-hybridized carbons (Fsp3) is 0.0833. The summed E-state index contributed by atoms with van der Waals surface area (Å²) in [6.07, 6.45) is 1.91. The molecule has 0 saturated carbocycles. The molecule has 3 aromatic rings. The summed E-state index contributed by atoms with van der Waals surface area (Å²) in [6, 6.07) is 27.4. The van der Waals surface area contributed by atoms with Gasteiger partial charge in [-0.2, -0.15) is 10.1 Å². The fourth-order valence-corrected chi connectivity index (χ4v) is 3.13. The molecule has 0 radical (unpaired) electrons. The normalized spacial score (nSPS) is 15.1. The van der Waals surface area contributed by atoms with Crippen LogP contribution >= 0.6 is 0 Å². The summed E-state index contributed by atoms with van der Waals surface area (Å²) in [4.78, 5) is 15.3. The summed E-state index contributed by atoms with van der Waals surface area (Å²) >= 11 is 0. The minimum atomic E-state index is -0.123. The van der Waals surface area contributed by atoms with Crippen molar-refractivity contribution in [2.75, 3.05) is 24.0 Å². The highest BCUT2D eigenvalue weighted by molar-refractivity contribution is 6.37. The van der Waals surface area contributed by atoms with Gasteiger partial charge in [0.1, 0.15) is 5.71 Å². The third kappa shape index (κ3) is 3.45. The molecule has 0 saturated heterocycles. The van der Waals surface area contributed by atoms with Gasteiger partial charge in [0.2, 0.25) is 0 Å². The van der Waals surface area contributed by atoms with E-state index in [1.165, 1.54) is 5.01 Å². The molecule has 4 rings (SSSR count). The van der Waals surface area contributed by atoms with Crippen molar-refractivity contribution in [3.63, 3.8) is 0 Å².